The molecule has 1 aliphatic heterocycles. The molecule has 6 nitrogen and oxygen atoms in total. The number of hydrogen-bond donors (Lipinski definition) is 1. The monoisotopic (exact) mass is 355 g/mol. The van der Waals surface area contributed by atoms with Crippen LogP contribution in [0.15, 0.2) is 48.5 Å². The summed E-state index contributed by atoms with van der Waals surface area (Å²) < 4.78 is 10.8. The summed E-state index contributed by atoms with van der Waals surface area (Å²) in [5, 5.41) is 9.91. The second-order valence-electron chi connectivity index (χ2n) is 6.39. The van der Waals surface area contributed by atoms with E-state index in [1.165, 1.54) is 26.0 Å². The van der Waals surface area contributed by atoms with Crippen molar-refractivity contribution in [3.05, 3.63) is 54.1 Å². The van der Waals surface area contributed by atoms with Gasteiger partial charge in [-0.1, -0.05) is 30.3 Å². The summed E-state index contributed by atoms with van der Waals surface area (Å²) in [5.74, 6) is -1.09. The highest BCUT2D eigenvalue weighted by Crippen LogP contribution is 2.49. The standard InChI is InChI=1S/C20H21NO5/c1-20(19(23)24)14(13-8-4-6-10-16(13)25-2)12-21(18(20)22)15-9-5-7-11-17(15)26-3/h4-11,14H,12H2,1-3H3,(H,23,24). The average molecular weight is 355 g/mol. The first-order valence-corrected chi connectivity index (χ1v) is 8.26. The Morgan fingerprint density at radius 2 is 1.65 bits per heavy atom. The number of carbonyl (C=O) groups is 2. The van der Waals surface area contributed by atoms with Gasteiger partial charge < -0.3 is 19.5 Å². The lowest BCUT2D eigenvalue weighted by molar-refractivity contribution is -0.152. The molecule has 2 aromatic carbocycles. The zero-order valence-corrected chi connectivity index (χ0v) is 14.9. The SMILES string of the molecule is COc1ccccc1C1CN(c2ccccc2OC)C(=O)C1(C)C(=O)O. The molecule has 0 saturated carbocycles. The van der Waals surface area contributed by atoms with Crippen LogP contribution in [0.5, 0.6) is 11.5 Å². The Labute approximate surface area is 152 Å². The predicted molar refractivity (Wildman–Crippen MR) is 96.8 cm³/mol. The number of carboxylic acid groups (broad SMARTS) is 1. The minimum Gasteiger partial charge on any atom is -0.496 e. The summed E-state index contributed by atoms with van der Waals surface area (Å²) in [4.78, 5) is 26.8. The number of rotatable bonds is 5. The number of anilines is 1. The summed E-state index contributed by atoms with van der Waals surface area (Å²) >= 11 is 0. The first-order valence-electron chi connectivity index (χ1n) is 8.26. The van der Waals surface area contributed by atoms with Gasteiger partial charge in [0.1, 0.15) is 11.5 Å². The maximum Gasteiger partial charge on any atom is 0.319 e. The number of para-hydroxylation sites is 3. The molecule has 1 aliphatic rings. The number of aliphatic carboxylic acids is 1. The zero-order valence-electron chi connectivity index (χ0n) is 14.9. The van der Waals surface area contributed by atoms with Crippen molar-refractivity contribution in [3.8, 4) is 11.5 Å². The molecule has 6 heteroatoms. The molecule has 2 unspecified atom stereocenters. The topological polar surface area (TPSA) is 76.1 Å². The molecule has 0 radical (unpaired) electrons. The van der Waals surface area contributed by atoms with Gasteiger partial charge >= 0.3 is 5.97 Å². The maximum absolute atomic E-state index is 13.2. The minimum atomic E-state index is -1.60. The molecule has 1 amide bonds. The molecule has 3 rings (SSSR count). The Bertz CT molecular complexity index is 850. The number of hydrogen-bond acceptors (Lipinski definition) is 4. The summed E-state index contributed by atoms with van der Waals surface area (Å²) in [5.41, 5.74) is -0.342. The van der Waals surface area contributed by atoms with Gasteiger partial charge in [-0.2, -0.15) is 0 Å². The van der Waals surface area contributed by atoms with Crippen molar-refractivity contribution in [2.45, 2.75) is 12.8 Å². The molecule has 1 saturated heterocycles. The van der Waals surface area contributed by atoms with Gasteiger partial charge in [-0.3, -0.25) is 9.59 Å². The molecular weight excluding hydrogens is 334 g/mol. The van der Waals surface area contributed by atoms with Crippen LogP contribution in [0.25, 0.3) is 0 Å². The van der Waals surface area contributed by atoms with E-state index < -0.39 is 23.2 Å². The highest BCUT2D eigenvalue weighted by Gasteiger charge is 2.58. The van der Waals surface area contributed by atoms with Crippen molar-refractivity contribution in [2.75, 3.05) is 25.7 Å². The molecular formula is C20H21NO5. The predicted octanol–water partition coefficient (Wildman–Crippen LogP) is 2.93. The first-order chi connectivity index (χ1) is 12.4. The van der Waals surface area contributed by atoms with E-state index in [9.17, 15) is 14.7 Å². The quantitative estimate of drug-likeness (QED) is 0.835. The van der Waals surface area contributed by atoms with Gasteiger partial charge in [-0.15, -0.1) is 0 Å². The first kappa shape index (κ1) is 17.8. The van der Waals surface area contributed by atoms with Crippen LogP contribution in [0.4, 0.5) is 5.69 Å². The number of carbonyl (C=O) groups excluding carboxylic acids is 1. The van der Waals surface area contributed by atoms with Gasteiger partial charge in [0.25, 0.3) is 0 Å². The number of amides is 1. The lowest BCUT2D eigenvalue weighted by atomic mass is 9.75. The summed E-state index contributed by atoms with van der Waals surface area (Å²) in [7, 11) is 3.05. The van der Waals surface area contributed by atoms with E-state index in [1.54, 1.807) is 30.3 Å². The van der Waals surface area contributed by atoms with Gasteiger partial charge in [0, 0.05) is 18.0 Å². The molecule has 26 heavy (non-hydrogen) atoms. The fourth-order valence-electron chi connectivity index (χ4n) is 3.54. The van der Waals surface area contributed by atoms with Gasteiger partial charge in [0.2, 0.25) is 5.91 Å². The number of nitrogens with zero attached hydrogens (tertiary/aromatic N) is 1. The highest BCUT2D eigenvalue weighted by atomic mass is 16.5. The van der Waals surface area contributed by atoms with E-state index >= 15 is 0 Å². The molecule has 0 bridgehead atoms. The van der Waals surface area contributed by atoms with Crippen molar-refractivity contribution >= 4 is 17.6 Å². The molecule has 1 fully saturated rings. The summed E-state index contributed by atoms with van der Waals surface area (Å²) in [6, 6.07) is 14.3. The van der Waals surface area contributed by atoms with Crippen molar-refractivity contribution in [3.63, 3.8) is 0 Å². The van der Waals surface area contributed by atoms with Gasteiger partial charge in [-0.05, 0) is 25.1 Å². The summed E-state index contributed by atoms with van der Waals surface area (Å²) in [6.07, 6.45) is 0. The van der Waals surface area contributed by atoms with Crippen LogP contribution in [0.3, 0.4) is 0 Å². The Morgan fingerprint density at radius 1 is 1.08 bits per heavy atom. The van der Waals surface area contributed by atoms with E-state index in [-0.39, 0.29) is 6.54 Å². The Morgan fingerprint density at radius 3 is 2.27 bits per heavy atom. The Hall–Kier alpha value is -3.02. The van der Waals surface area contributed by atoms with Crippen molar-refractivity contribution in [2.24, 2.45) is 5.41 Å². The highest BCUT2D eigenvalue weighted by molar-refractivity contribution is 6.13. The largest absolute Gasteiger partial charge is 0.496 e. The van der Waals surface area contributed by atoms with Crippen molar-refractivity contribution in [1.29, 1.82) is 0 Å². The number of benzene rings is 2. The molecule has 2 atom stereocenters. The molecule has 1 N–H and O–H groups in total. The Kier molecular flexibility index (Phi) is 4.59. The van der Waals surface area contributed by atoms with Crippen LogP contribution < -0.4 is 14.4 Å². The fourth-order valence-corrected chi connectivity index (χ4v) is 3.54. The lowest BCUT2D eigenvalue weighted by Crippen LogP contribution is -2.40. The molecule has 2 aromatic rings. The molecule has 1 heterocycles. The molecule has 0 spiro atoms. The lowest BCUT2D eigenvalue weighted by Gasteiger charge is -2.25. The van der Waals surface area contributed by atoms with Crippen LogP contribution in [-0.2, 0) is 9.59 Å². The van der Waals surface area contributed by atoms with Crippen molar-refractivity contribution < 1.29 is 24.2 Å². The van der Waals surface area contributed by atoms with E-state index in [0.29, 0.717) is 22.7 Å². The third-order valence-electron chi connectivity index (χ3n) is 5.09. The number of ether oxygens (including phenoxy) is 2. The third-order valence-corrected chi connectivity index (χ3v) is 5.09. The zero-order chi connectivity index (χ0) is 18.9. The van der Waals surface area contributed by atoms with Crippen LogP contribution in [0, 0.1) is 5.41 Å². The molecule has 136 valence electrons. The van der Waals surface area contributed by atoms with Gasteiger partial charge in [0.05, 0.1) is 19.9 Å². The number of carboxylic acids is 1. The van der Waals surface area contributed by atoms with Crippen LogP contribution in [0.1, 0.15) is 18.4 Å². The Balaban J connectivity index is 2.14. The molecule has 0 aromatic heterocycles. The van der Waals surface area contributed by atoms with Crippen LogP contribution in [-0.4, -0.2) is 37.7 Å². The molecule has 0 aliphatic carbocycles. The average Bonchev–Trinajstić information content (AvgIpc) is 2.94. The van der Waals surface area contributed by atoms with E-state index in [1.807, 2.05) is 18.2 Å². The normalized spacial score (nSPS) is 22.3. The second-order valence-corrected chi connectivity index (χ2v) is 6.39. The van der Waals surface area contributed by atoms with E-state index in [0.717, 1.165) is 0 Å². The van der Waals surface area contributed by atoms with Gasteiger partial charge in [0.15, 0.2) is 5.41 Å². The smallest absolute Gasteiger partial charge is 0.319 e. The second kappa shape index (κ2) is 6.71. The maximum atomic E-state index is 13.2. The van der Waals surface area contributed by atoms with Crippen molar-refractivity contribution in [1.82, 2.24) is 0 Å². The van der Waals surface area contributed by atoms with Crippen LogP contribution >= 0.6 is 0 Å². The van der Waals surface area contributed by atoms with E-state index in [2.05, 4.69) is 0 Å². The minimum absolute atomic E-state index is 0.225. The summed E-state index contributed by atoms with van der Waals surface area (Å²) in [6.45, 7) is 1.70. The number of methoxy groups -OCH3 is 2. The van der Waals surface area contributed by atoms with E-state index in [4.69, 9.17) is 9.47 Å². The fraction of sp³-hybridized carbons (Fsp3) is 0.300. The third kappa shape index (κ3) is 2.58. The van der Waals surface area contributed by atoms with Crippen LogP contribution in [0.2, 0.25) is 0 Å². The van der Waals surface area contributed by atoms with Gasteiger partial charge in [-0.25, -0.2) is 0 Å².